The molecule has 1 rings (SSSR count). The number of benzene rings is 1. The third kappa shape index (κ3) is 4.37. The summed E-state index contributed by atoms with van der Waals surface area (Å²) in [4.78, 5) is 13.3. The van der Waals surface area contributed by atoms with Crippen LogP contribution in [0.5, 0.6) is 0 Å². The molecule has 0 saturated heterocycles. The van der Waals surface area contributed by atoms with Crippen molar-refractivity contribution in [3.8, 4) is 0 Å². The lowest BCUT2D eigenvalue weighted by Crippen LogP contribution is -2.39. The second-order valence-electron chi connectivity index (χ2n) is 4.46. The molecule has 0 bridgehead atoms. The monoisotopic (exact) mass is 301 g/mol. The zero-order chi connectivity index (χ0) is 15.1. The summed E-state index contributed by atoms with van der Waals surface area (Å²) in [5, 5.41) is 9.73. The maximum Gasteiger partial charge on any atom is 0.337 e. The van der Waals surface area contributed by atoms with Gasteiger partial charge in [-0.15, -0.1) is 0 Å². The molecular weight excluding hydrogens is 282 g/mol. The van der Waals surface area contributed by atoms with E-state index in [0.29, 0.717) is 30.5 Å². The summed E-state index contributed by atoms with van der Waals surface area (Å²) >= 11 is 5.88. The maximum absolute atomic E-state index is 11.4. The van der Waals surface area contributed by atoms with Crippen molar-refractivity contribution >= 4 is 23.3 Å². The fourth-order valence-corrected chi connectivity index (χ4v) is 2.20. The molecule has 6 heteroatoms. The van der Waals surface area contributed by atoms with Crippen molar-refractivity contribution < 1.29 is 19.4 Å². The predicted molar refractivity (Wildman–Crippen MR) is 79.0 cm³/mol. The van der Waals surface area contributed by atoms with E-state index in [1.54, 1.807) is 26.4 Å². The zero-order valence-corrected chi connectivity index (χ0v) is 12.7. The highest BCUT2D eigenvalue weighted by Crippen LogP contribution is 2.26. The Balaban J connectivity index is 3.14. The van der Waals surface area contributed by atoms with E-state index >= 15 is 0 Å². The van der Waals surface area contributed by atoms with E-state index < -0.39 is 5.97 Å². The van der Waals surface area contributed by atoms with Gasteiger partial charge in [-0.25, -0.2) is 4.79 Å². The Morgan fingerprint density at radius 2 is 2.10 bits per heavy atom. The van der Waals surface area contributed by atoms with Gasteiger partial charge in [-0.3, -0.25) is 0 Å². The predicted octanol–water partition coefficient (Wildman–Crippen LogP) is 2.53. The zero-order valence-electron chi connectivity index (χ0n) is 11.9. The van der Waals surface area contributed by atoms with Gasteiger partial charge in [-0.2, -0.15) is 0 Å². The van der Waals surface area contributed by atoms with Crippen LogP contribution >= 0.6 is 11.6 Å². The number of carbonyl (C=O) groups is 1. The molecule has 5 nitrogen and oxygen atoms in total. The first-order chi connectivity index (χ1) is 9.51. The summed E-state index contributed by atoms with van der Waals surface area (Å²) in [5.41, 5.74) is 0.792. The van der Waals surface area contributed by atoms with Gasteiger partial charge in [-0.1, -0.05) is 11.6 Å². The molecular formula is C14H20ClNO4. The summed E-state index contributed by atoms with van der Waals surface area (Å²) in [7, 11) is 3.23. The number of carboxylic acid groups (broad SMARTS) is 1. The van der Waals surface area contributed by atoms with Gasteiger partial charge in [-0.05, 0) is 25.1 Å². The number of carboxylic acids is 1. The number of nitrogens with zero attached hydrogens (tertiary/aromatic N) is 1. The molecule has 1 aromatic carbocycles. The Hall–Kier alpha value is -1.30. The molecule has 0 heterocycles. The molecule has 0 aliphatic heterocycles. The summed E-state index contributed by atoms with van der Waals surface area (Å²) in [6.45, 7) is 3.53. The van der Waals surface area contributed by atoms with Crippen molar-refractivity contribution in [2.45, 2.75) is 13.0 Å². The normalized spacial score (nSPS) is 12.2. The minimum absolute atomic E-state index is 0.0226. The van der Waals surface area contributed by atoms with E-state index in [1.165, 1.54) is 6.07 Å². The van der Waals surface area contributed by atoms with Gasteiger partial charge in [0.15, 0.2) is 0 Å². The minimum atomic E-state index is -1.01. The van der Waals surface area contributed by atoms with E-state index in [2.05, 4.69) is 0 Å². The Morgan fingerprint density at radius 3 is 2.65 bits per heavy atom. The van der Waals surface area contributed by atoms with E-state index in [-0.39, 0.29) is 11.6 Å². The molecule has 1 aromatic rings. The summed E-state index contributed by atoms with van der Waals surface area (Å²) in [5.74, 6) is -1.01. The third-order valence-corrected chi connectivity index (χ3v) is 3.21. The SMILES string of the molecule is COCCN(c1ccc(Cl)cc1C(=O)O)C(C)COC. The highest BCUT2D eigenvalue weighted by atomic mass is 35.5. The molecule has 0 radical (unpaired) electrons. The highest BCUT2D eigenvalue weighted by Gasteiger charge is 2.20. The van der Waals surface area contributed by atoms with Crippen LogP contribution < -0.4 is 4.90 Å². The highest BCUT2D eigenvalue weighted by molar-refractivity contribution is 6.31. The molecule has 0 fully saturated rings. The number of hydrogen-bond donors (Lipinski definition) is 1. The second-order valence-corrected chi connectivity index (χ2v) is 4.89. The van der Waals surface area contributed by atoms with E-state index in [4.69, 9.17) is 21.1 Å². The van der Waals surface area contributed by atoms with Crippen molar-refractivity contribution in [3.05, 3.63) is 28.8 Å². The van der Waals surface area contributed by atoms with Gasteiger partial charge in [0, 0.05) is 31.8 Å². The second kappa shape index (κ2) is 8.09. The largest absolute Gasteiger partial charge is 0.478 e. The third-order valence-electron chi connectivity index (χ3n) is 2.97. The Bertz CT molecular complexity index is 453. The van der Waals surface area contributed by atoms with Crippen LogP contribution in [0.2, 0.25) is 5.02 Å². The molecule has 0 aliphatic rings. The average molecular weight is 302 g/mol. The van der Waals surface area contributed by atoms with Crippen molar-refractivity contribution in [2.75, 3.05) is 38.9 Å². The summed E-state index contributed by atoms with van der Waals surface area (Å²) in [6, 6.07) is 4.88. The van der Waals surface area contributed by atoms with Gasteiger partial charge < -0.3 is 19.5 Å². The van der Waals surface area contributed by atoms with Crippen LogP contribution in [-0.4, -0.2) is 51.1 Å². The van der Waals surface area contributed by atoms with Crippen molar-refractivity contribution in [1.29, 1.82) is 0 Å². The first kappa shape index (κ1) is 16.8. The lowest BCUT2D eigenvalue weighted by molar-refractivity contribution is 0.0697. The first-order valence-electron chi connectivity index (χ1n) is 6.28. The summed E-state index contributed by atoms with van der Waals surface area (Å²) in [6.07, 6.45) is 0. The number of halogens is 1. The van der Waals surface area contributed by atoms with Crippen LogP contribution in [0, 0.1) is 0 Å². The van der Waals surface area contributed by atoms with Crippen molar-refractivity contribution in [3.63, 3.8) is 0 Å². The molecule has 20 heavy (non-hydrogen) atoms. The number of anilines is 1. The fourth-order valence-electron chi connectivity index (χ4n) is 2.03. The molecule has 0 aliphatic carbocycles. The lowest BCUT2D eigenvalue weighted by Gasteiger charge is -2.31. The molecule has 0 aromatic heterocycles. The average Bonchev–Trinajstić information content (AvgIpc) is 2.40. The maximum atomic E-state index is 11.4. The van der Waals surface area contributed by atoms with Gasteiger partial charge >= 0.3 is 5.97 Å². The topological polar surface area (TPSA) is 59.0 Å². The number of ether oxygens (including phenoxy) is 2. The standard InChI is InChI=1S/C14H20ClNO4/c1-10(9-20-3)16(6-7-19-2)13-5-4-11(15)8-12(13)14(17)18/h4-5,8,10H,6-7,9H2,1-3H3,(H,17,18). The number of hydrogen-bond acceptors (Lipinski definition) is 4. The van der Waals surface area contributed by atoms with E-state index in [1.807, 2.05) is 11.8 Å². The minimum Gasteiger partial charge on any atom is -0.478 e. The van der Waals surface area contributed by atoms with Crippen LogP contribution in [0.4, 0.5) is 5.69 Å². The van der Waals surface area contributed by atoms with Crippen LogP contribution in [0.25, 0.3) is 0 Å². The molecule has 0 amide bonds. The molecule has 0 saturated carbocycles. The smallest absolute Gasteiger partial charge is 0.337 e. The first-order valence-corrected chi connectivity index (χ1v) is 6.66. The molecule has 1 unspecified atom stereocenters. The van der Waals surface area contributed by atoms with Crippen LogP contribution in [-0.2, 0) is 9.47 Å². The summed E-state index contributed by atoms with van der Waals surface area (Å²) < 4.78 is 10.2. The van der Waals surface area contributed by atoms with Gasteiger partial charge in [0.2, 0.25) is 0 Å². The number of methoxy groups -OCH3 is 2. The molecule has 1 atom stereocenters. The van der Waals surface area contributed by atoms with Crippen LogP contribution in [0.3, 0.4) is 0 Å². The Labute approximate surface area is 124 Å². The number of rotatable bonds is 8. The van der Waals surface area contributed by atoms with Gasteiger partial charge in [0.25, 0.3) is 0 Å². The fraction of sp³-hybridized carbons (Fsp3) is 0.500. The Kier molecular flexibility index (Phi) is 6.78. The molecule has 1 N–H and O–H groups in total. The van der Waals surface area contributed by atoms with Crippen LogP contribution in [0.1, 0.15) is 17.3 Å². The molecule has 0 spiro atoms. The Morgan fingerprint density at radius 1 is 1.40 bits per heavy atom. The van der Waals surface area contributed by atoms with Crippen molar-refractivity contribution in [1.82, 2.24) is 0 Å². The molecule has 112 valence electrons. The van der Waals surface area contributed by atoms with Crippen LogP contribution in [0.15, 0.2) is 18.2 Å². The quantitative estimate of drug-likeness (QED) is 0.799. The van der Waals surface area contributed by atoms with Gasteiger partial charge in [0.1, 0.15) is 0 Å². The van der Waals surface area contributed by atoms with E-state index in [9.17, 15) is 9.90 Å². The van der Waals surface area contributed by atoms with E-state index in [0.717, 1.165) is 0 Å². The lowest BCUT2D eigenvalue weighted by atomic mass is 10.1. The van der Waals surface area contributed by atoms with Gasteiger partial charge in [0.05, 0.1) is 24.5 Å². The van der Waals surface area contributed by atoms with Crippen molar-refractivity contribution in [2.24, 2.45) is 0 Å². The number of aromatic carboxylic acids is 1.